The van der Waals surface area contributed by atoms with Crippen LogP contribution in [0, 0.1) is 0 Å². The van der Waals surface area contributed by atoms with Crippen molar-refractivity contribution < 1.29 is 19.3 Å². The summed E-state index contributed by atoms with van der Waals surface area (Å²) >= 11 is 3.12. The average Bonchev–Trinajstić information content (AvgIpc) is 2.93. The first-order chi connectivity index (χ1) is 17.9. The molecule has 1 heterocycles. The van der Waals surface area contributed by atoms with Crippen LogP contribution in [-0.4, -0.2) is 41.6 Å². The third-order valence-corrected chi connectivity index (χ3v) is 6.61. The molecule has 1 aromatic heterocycles. The fraction of sp³-hybridized carbons (Fsp3) is 0.214. The van der Waals surface area contributed by atoms with Gasteiger partial charge in [0.1, 0.15) is 17.1 Å². The summed E-state index contributed by atoms with van der Waals surface area (Å²) < 4.78 is 18.8. The molecule has 0 fully saturated rings. The number of aromatic nitrogens is 2. The zero-order chi connectivity index (χ0) is 26.4. The van der Waals surface area contributed by atoms with Gasteiger partial charge in [0.2, 0.25) is 0 Å². The number of benzene rings is 3. The van der Waals surface area contributed by atoms with E-state index >= 15 is 0 Å². The van der Waals surface area contributed by atoms with Gasteiger partial charge in [0, 0.05) is 6.20 Å². The molecule has 9 heteroatoms. The molecule has 0 aliphatic rings. The Bertz CT molecular complexity index is 1390. The molecule has 4 rings (SSSR count). The number of hydrogen-bond donors (Lipinski definition) is 2. The number of ether oxygens (including phenoxy) is 3. The summed E-state index contributed by atoms with van der Waals surface area (Å²) in [4.78, 5) is 26.1. The number of hydrogen-bond acceptors (Lipinski definition) is 6. The summed E-state index contributed by atoms with van der Waals surface area (Å²) in [5.74, 6) is 1.40. The standard InChI is InChI=1S/C28H27BrN2O6/c1-35-23-12-8-20(9-13-23)28(19-6-4-3-5-7-19,21-10-14-24(36-2)15-11-21)37-18-22(32)16-31-17-25(29)26(33)30-27(31)34/h3-15,17,22,32H,16,18H2,1-2H3,(H,30,33,34)/t22-/m0/s1. The van der Waals surface area contributed by atoms with Crippen molar-refractivity contribution in [3.8, 4) is 11.5 Å². The van der Waals surface area contributed by atoms with Gasteiger partial charge in [-0.25, -0.2) is 4.79 Å². The topological polar surface area (TPSA) is 103 Å². The molecule has 0 spiro atoms. The highest BCUT2D eigenvalue weighted by Crippen LogP contribution is 2.41. The fourth-order valence-corrected chi connectivity index (χ4v) is 4.54. The molecule has 0 bridgehead atoms. The summed E-state index contributed by atoms with van der Waals surface area (Å²) in [6.07, 6.45) is 0.289. The number of H-pyrrole nitrogens is 1. The second-order valence-electron chi connectivity index (χ2n) is 8.36. The molecule has 0 aliphatic carbocycles. The molecule has 192 valence electrons. The van der Waals surface area contributed by atoms with Gasteiger partial charge in [-0.3, -0.25) is 14.3 Å². The molecule has 0 saturated carbocycles. The largest absolute Gasteiger partial charge is 0.497 e. The van der Waals surface area contributed by atoms with E-state index in [2.05, 4.69) is 20.9 Å². The highest BCUT2D eigenvalue weighted by atomic mass is 79.9. The molecule has 0 amide bonds. The Hall–Kier alpha value is -3.66. The van der Waals surface area contributed by atoms with Crippen LogP contribution in [0.2, 0.25) is 0 Å². The molecule has 4 aromatic rings. The fourth-order valence-electron chi connectivity index (χ4n) is 4.19. The second-order valence-corrected chi connectivity index (χ2v) is 9.21. The van der Waals surface area contributed by atoms with Crippen molar-refractivity contribution in [2.45, 2.75) is 18.2 Å². The first kappa shape index (κ1) is 26.4. The smallest absolute Gasteiger partial charge is 0.328 e. The first-order valence-electron chi connectivity index (χ1n) is 11.5. The molecule has 2 N–H and O–H groups in total. The van der Waals surface area contributed by atoms with Crippen molar-refractivity contribution in [3.05, 3.63) is 127 Å². The average molecular weight is 567 g/mol. The molecule has 0 radical (unpaired) electrons. The Balaban J connectivity index is 1.77. The SMILES string of the molecule is COc1ccc(C(OC[C@@H](O)Cn2cc(Br)c(=O)[nH]c2=O)(c2ccccc2)c2ccc(OC)cc2)cc1. The lowest BCUT2D eigenvalue weighted by molar-refractivity contribution is -0.0426. The zero-order valence-corrected chi connectivity index (χ0v) is 22.0. The second kappa shape index (κ2) is 11.6. The van der Waals surface area contributed by atoms with Crippen molar-refractivity contribution in [2.75, 3.05) is 20.8 Å². The monoisotopic (exact) mass is 566 g/mol. The van der Waals surface area contributed by atoms with Gasteiger partial charge in [0.05, 0.1) is 37.9 Å². The van der Waals surface area contributed by atoms with Crippen molar-refractivity contribution in [2.24, 2.45) is 0 Å². The maximum absolute atomic E-state index is 12.2. The number of aliphatic hydroxyl groups excluding tert-OH is 1. The Kier molecular flexibility index (Phi) is 8.27. The van der Waals surface area contributed by atoms with E-state index in [-0.39, 0.29) is 17.6 Å². The molecule has 0 unspecified atom stereocenters. The normalized spacial score (nSPS) is 12.2. The molecular formula is C28H27BrN2O6. The molecule has 8 nitrogen and oxygen atoms in total. The quantitative estimate of drug-likeness (QED) is 0.284. The van der Waals surface area contributed by atoms with Crippen LogP contribution in [0.1, 0.15) is 16.7 Å². The van der Waals surface area contributed by atoms with Gasteiger partial charge in [0.25, 0.3) is 5.56 Å². The predicted octanol–water partition coefficient (Wildman–Crippen LogP) is 3.69. The van der Waals surface area contributed by atoms with Crippen molar-refractivity contribution >= 4 is 15.9 Å². The van der Waals surface area contributed by atoms with Crippen LogP contribution in [-0.2, 0) is 16.9 Å². The number of aromatic amines is 1. The highest BCUT2D eigenvalue weighted by molar-refractivity contribution is 9.10. The summed E-state index contributed by atoms with van der Waals surface area (Å²) in [6, 6.07) is 24.8. The minimum Gasteiger partial charge on any atom is -0.497 e. The van der Waals surface area contributed by atoms with E-state index < -0.39 is 23.0 Å². The minimum atomic E-state index is -1.10. The molecule has 37 heavy (non-hydrogen) atoms. The third kappa shape index (κ3) is 5.69. The van der Waals surface area contributed by atoms with Crippen molar-refractivity contribution in [1.82, 2.24) is 9.55 Å². The van der Waals surface area contributed by atoms with Gasteiger partial charge in [-0.1, -0.05) is 54.6 Å². The minimum absolute atomic E-state index is 0.0791. The zero-order valence-electron chi connectivity index (χ0n) is 20.4. The van der Waals surface area contributed by atoms with E-state index in [9.17, 15) is 14.7 Å². The van der Waals surface area contributed by atoms with Gasteiger partial charge in [-0.2, -0.15) is 0 Å². The van der Waals surface area contributed by atoms with Gasteiger partial charge >= 0.3 is 5.69 Å². The van der Waals surface area contributed by atoms with Crippen molar-refractivity contribution in [1.29, 1.82) is 0 Å². The van der Waals surface area contributed by atoms with E-state index in [1.807, 2.05) is 78.9 Å². The lowest BCUT2D eigenvalue weighted by Gasteiger charge is -2.36. The Labute approximate surface area is 222 Å². The van der Waals surface area contributed by atoms with E-state index in [1.54, 1.807) is 14.2 Å². The number of nitrogens with one attached hydrogen (secondary N) is 1. The summed E-state index contributed by atoms with van der Waals surface area (Å²) in [6.45, 7) is -0.194. The molecular weight excluding hydrogens is 540 g/mol. The van der Waals surface area contributed by atoms with Crippen LogP contribution in [0.3, 0.4) is 0 Å². The number of nitrogens with zero attached hydrogens (tertiary/aromatic N) is 1. The summed E-state index contributed by atoms with van der Waals surface area (Å²) in [5.41, 5.74) is 0.237. The van der Waals surface area contributed by atoms with E-state index in [1.165, 1.54) is 10.8 Å². The number of halogens is 1. The summed E-state index contributed by atoms with van der Waals surface area (Å²) in [7, 11) is 3.21. The molecule has 0 aliphatic heterocycles. The van der Waals surface area contributed by atoms with Crippen LogP contribution in [0.5, 0.6) is 11.5 Å². The van der Waals surface area contributed by atoms with Gasteiger partial charge in [-0.15, -0.1) is 0 Å². The first-order valence-corrected chi connectivity index (χ1v) is 12.3. The van der Waals surface area contributed by atoms with Gasteiger partial charge < -0.3 is 19.3 Å². The van der Waals surface area contributed by atoms with E-state index in [0.717, 1.165) is 16.7 Å². The van der Waals surface area contributed by atoms with Crippen molar-refractivity contribution in [3.63, 3.8) is 0 Å². The van der Waals surface area contributed by atoms with Crippen LogP contribution in [0.25, 0.3) is 0 Å². The summed E-state index contributed by atoms with van der Waals surface area (Å²) in [5, 5.41) is 10.9. The Morgan fingerprint density at radius 2 is 1.38 bits per heavy atom. The maximum Gasteiger partial charge on any atom is 0.328 e. The van der Waals surface area contributed by atoms with Crippen LogP contribution < -0.4 is 20.7 Å². The predicted molar refractivity (Wildman–Crippen MR) is 143 cm³/mol. The van der Waals surface area contributed by atoms with Crippen LogP contribution in [0.4, 0.5) is 0 Å². The lowest BCUT2D eigenvalue weighted by Crippen LogP contribution is -2.38. The van der Waals surface area contributed by atoms with Gasteiger partial charge in [-0.05, 0) is 56.9 Å². The van der Waals surface area contributed by atoms with Gasteiger partial charge in [0.15, 0.2) is 0 Å². The number of methoxy groups -OCH3 is 2. The Morgan fingerprint density at radius 1 is 0.865 bits per heavy atom. The molecule has 0 saturated heterocycles. The number of aliphatic hydroxyl groups is 1. The van der Waals surface area contributed by atoms with Crippen LogP contribution >= 0.6 is 15.9 Å². The number of rotatable bonds is 10. The Morgan fingerprint density at radius 3 is 1.89 bits per heavy atom. The maximum atomic E-state index is 12.2. The molecule has 3 aromatic carbocycles. The van der Waals surface area contributed by atoms with E-state index in [4.69, 9.17) is 14.2 Å². The van der Waals surface area contributed by atoms with Crippen LogP contribution in [0.15, 0.2) is 99.1 Å². The lowest BCUT2D eigenvalue weighted by atomic mass is 9.80. The highest BCUT2D eigenvalue weighted by Gasteiger charge is 2.38. The van der Waals surface area contributed by atoms with E-state index in [0.29, 0.717) is 11.5 Å². The third-order valence-electron chi connectivity index (χ3n) is 6.04. The molecule has 1 atom stereocenters.